The van der Waals surface area contributed by atoms with Crippen molar-refractivity contribution in [1.82, 2.24) is 5.32 Å². The van der Waals surface area contributed by atoms with E-state index < -0.39 is 0 Å². The second-order valence-electron chi connectivity index (χ2n) is 4.56. The number of nitrogens with two attached hydrogens (primary N) is 1. The van der Waals surface area contributed by atoms with Crippen LogP contribution in [0.4, 0.5) is 5.69 Å². The van der Waals surface area contributed by atoms with Crippen LogP contribution in [0.15, 0.2) is 40.6 Å². The van der Waals surface area contributed by atoms with Crippen molar-refractivity contribution in [3.05, 3.63) is 46.2 Å². The zero-order valence-corrected chi connectivity index (χ0v) is 13.2. The average Bonchev–Trinajstić information content (AvgIpc) is 2.94. The average molecular weight is 306 g/mol. The fourth-order valence-electron chi connectivity index (χ4n) is 1.82. The molecule has 2 aromatic rings. The number of thiophene rings is 1. The number of hydrogen-bond donors (Lipinski definition) is 2. The van der Waals surface area contributed by atoms with E-state index >= 15 is 0 Å². The summed E-state index contributed by atoms with van der Waals surface area (Å²) in [5.41, 5.74) is 7.66. The van der Waals surface area contributed by atoms with Crippen molar-refractivity contribution >= 4 is 34.7 Å². The molecule has 106 valence electrons. The first-order valence-corrected chi connectivity index (χ1v) is 8.25. The van der Waals surface area contributed by atoms with Crippen molar-refractivity contribution < 1.29 is 4.79 Å². The van der Waals surface area contributed by atoms with E-state index in [-0.39, 0.29) is 11.9 Å². The molecule has 3 nitrogen and oxygen atoms in total. The maximum atomic E-state index is 12.0. The Morgan fingerprint density at radius 1 is 1.40 bits per heavy atom. The van der Waals surface area contributed by atoms with Gasteiger partial charge >= 0.3 is 0 Å². The third-order valence-electron chi connectivity index (χ3n) is 3.03. The molecule has 0 radical (unpaired) electrons. The Bertz CT molecular complexity index is 582. The van der Waals surface area contributed by atoms with E-state index in [1.807, 2.05) is 49.6 Å². The molecule has 3 N–H and O–H groups in total. The Hall–Kier alpha value is -1.46. The van der Waals surface area contributed by atoms with Gasteiger partial charge < -0.3 is 11.1 Å². The van der Waals surface area contributed by atoms with Crippen LogP contribution in [0.25, 0.3) is 0 Å². The van der Waals surface area contributed by atoms with Gasteiger partial charge in [0.2, 0.25) is 5.91 Å². The quantitative estimate of drug-likeness (QED) is 0.655. The van der Waals surface area contributed by atoms with Gasteiger partial charge in [0.05, 0.1) is 11.8 Å². The molecule has 0 bridgehead atoms. The van der Waals surface area contributed by atoms with Crippen molar-refractivity contribution in [1.29, 1.82) is 0 Å². The molecule has 1 aromatic heterocycles. The highest BCUT2D eigenvalue weighted by molar-refractivity contribution is 8.00. The van der Waals surface area contributed by atoms with Gasteiger partial charge in [0.25, 0.3) is 0 Å². The normalized spacial score (nSPS) is 12.1. The lowest BCUT2D eigenvalue weighted by molar-refractivity contribution is -0.119. The van der Waals surface area contributed by atoms with Gasteiger partial charge in [0.15, 0.2) is 0 Å². The summed E-state index contributed by atoms with van der Waals surface area (Å²) >= 11 is 3.17. The Labute approximate surface area is 127 Å². The first-order valence-electron chi connectivity index (χ1n) is 6.38. The number of nitrogens with one attached hydrogen (secondary N) is 1. The first-order chi connectivity index (χ1) is 9.58. The number of amides is 1. The summed E-state index contributed by atoms with van der Waals surface area (Å²) in [6.07, 6.45) is 0. The first kappa shape index (κ1) is 14.9. The summed E-state index contributed by atoms with van der Waals surface area (Å²) in [5.74, 6) is 0.442. The van der Waals surface area contributed by atoms with Crippen LogP contribution in [0.1, 0.15) is 23.4 Å². The minimum atomic E-state index is 0.0396. The Morgan fingerprint density at radius 3 is 2.90 bits per heavy atom. The van der Waals surface area contributed by atoms with Gasteiger partial charge in [-0.05, 0) is 43.0 Å². The molecular formula is C15H18N2OS2. The van der Waals surface area contributed by atoms with E-state index in [0.717, 1.165) is 16.1 Å². The Morgan fingerprint density at radius 2 is 2.20 bits per heavy atom. The third kappa shape index (κ3) is 3.77. The molecule has 0 fully saturated rings. The number of anilines is 1. The van der Waals surface area contributed by atoms with Gasteiger partial charge in [-0.3, -0.25) is 4.79 Å². The number of carbonyl (C=O) groups is 1. The number of benzene rings is 1. The van der Waals surface area contributed by atoms with Crippen LogP contribution < -0.4 is 11.1 Å². The highest BCUT2D eigenvalue weighted by atomic mass is 32.2. The lowest BCUT2D eigenvalue weighted by Crippen LogP contribution is -2.27. The fraction of sp³-hybridized carbons (Fsp3) is 0.267. The SMILES string of the molecule is Cc1c(N)cccc1SCC(=O)NC(C)c1cccs1. The highest BCUT2D eigenvalue weighted by Crippen LogP contribution is 2.26. The van der Waals surface area contributed by atoms with Gasteiger partial charge in [-0.1, -0.05) is 12.1 Å². The van der Waals surface area contributed by atoms with Gasteiger partial charge in [-0.2, -0.15) is 0 Å². The molecule has 5 heteroatoms. The number of carbonyl (C=O) groups excluding carboxylic acids is 1. The summed E-state index contributed by atoms with van der Waals surface area (Å²) in [5, 5.41) is 5.02. The summed E-state index contributed by atoms with van der Waals surface area (Å²) in [6.45, 7) is 3.98. The number of hydrogen-bond acceptors (Lipinski definition) is 4. The third-order valence-corrected chi connectivity index (χ3v) is 5.25. The van der Waals surface area contributed by atoms with Crippen LogP contribution in [0.2, 0.25) is 0 Å². The molecule has 1 aromatic carbocycles. The standard InChI is InChI=1S/C15H18N2OS2/c1-10-12(16)5-3-6-13(10)20-9-15(18)17-11(2)14-7-4-8-19-14/h3-8,11H,9,16H2,1-2H3,(H,17,18). The van der Waals surface area contributed by atoms with Crippen molar-refractivity contribution in [2.45, 2.75) is 24.8 Å². The molecule has 0 aliphatic heterocycles. The molecule has 1 amide bonds. The Kier molecular flexibility index (Phi) is 5.09. The summed E-state index contributed by atoms with van der Waals surface area (Å²) in [4.78, 5) is 14.2. The van der Waals surface area contributed by atoms with Crippen molar-refractivity contribution in [2.24, 2.45) is 0 Å². The van der Waals surface area contributed by atoms with Gasteiger partial charge in [-0.15, -0.1) is 23.1 Å². The Balaban J connectivity index is 1.88. The fourth-order valence-corrected chi connectivity index (χ4v) is 3.44. The molecule has 0 saturated heterocycles. The van der Waals surface area contributed by atoms with E-state index in [9.17, 15) is 4.79 Å². The van der Waals surface area contributed by atoms with Gasteiger partial charge in [-0.25, -0.2) is 0 Å². The van der Waals surface area contributed by atoms with Crippen molar-refractivity contribution in [3.8, 4) is 0 Å². The zero-order chi connectivity index (χ0) is 14.5. The second kappa shape index (κ2) is 6.81. The van der Waals surface area contributed by atoms with Crippen LogP contribution in [-0.2, 0) is 4.79 Å². The van der Waals surface area contributed by atoms with Crippen LogP contribution in [0, 0.1) is 6.92 Å². The molecule has 1 unspecified atom stereocenters. The van der Waals surface area contributed by atoms with Gasteiger partial charge in [0, 0.05) is 15.5 Å². The van der Waals surface area contributed by atoms with Crippen LogP contribution >= 0.6 is 23.1 Å². The second-order valence-corrected chi connectivity index (χ2v) is 6.56. The van der Waals surface area contributed by atoms with E-state index in [1.54, 1.807) is 11.3 Å². The molecule has 1 heterocycles. The molecule has 0 saturated carbocycles. The highest BCUT2D eigenvalue weighted by Gasteiger charge is 2.11. The van der Waals surface area contributed by atoms with E-state index in [4.69, 9.17) is 5.73 Å². The molecule has 0 spiro atoms. The van der Waals surface area contributed by atoms with Crippen LogP contribution in [-0.4, -0.2) is 11.7 Å². The number of rotatable bonds is 5. The largest absolute Gasteiger partial charge is 0.398 e. The maximum Gasteiger partial charge on any atom is 0.230 e. The number of nitrogen functional groups attached to an aromatic ring is 1. The molecule has 0 aliphatic carbocycles. The van der Waals surface area contributed by atoms with Crippen LogP contribution in [0.3, 0.4) is 0 Å². The minimum absolute atomic E-state index is 0.0396. The van der Waals surface area contributed by atoms with E-state index in [0.29, 0.717) is 5.75 Å². The summed E-state index contributed by atoms with van der Waals surface area (Å²) in [7, 11) is 0. The van der Waals surface area contributed by atoms with Gasteiger partial charge in [0.1, 0.15) is 0 Å². The topological polar surface area (TPSA) is 55.1 Å². The summed E-state index contributed by atoms with van der Waals surface area (Å²) in [6, 6.07) is 9.87. The maximum absolute atomic E-state index is 12.0. The predicted octanol–water partition coefficient (Wildman–Crippen LogP) is 3.61. The smallest absolute Gasteiger partial charge is 0.230 e. The molecule has 0 aliphatic rings. The van der Waals surface area contributed by atoms with E-state index in [1.165, 1.54) is 16.6 Å². The van der Waals surface area contributed by atoms with E-state index in [2.05, 4.69) is 5.32 Å². The molecule has 1 atom stereocenters. The molecular weight excluding hydrogens is 288 g/mol. The van der Waals surface area contributed by atoms with Crippen molar-refractivity contribution in [3.63, 3.8) is 0 Å². The van der Waals surface area contributed by atoms with Crippen molar-refractivity contribution in [2.75, 3.05) is 11.5 Å². The monoisotopic (exact) mass is 306 g/mol. The zero-order valence-electron chi connectivity index (χ0n) is 11.6. The minimum Gasteiger partial charge on any atom is -0.398 e. The van der Waals surface area contributed by atoms with Crippen LogP contribution in [0.5, 0.6) is 0 Å². The summed E-state index contributed by atoms with van der Waals surface area (Å²) < 4.78 is 0. The molecule has 20 heavy (non-hydrogen) atoms. The lowest BCUT2D eigenvalue weighted by atomic mass is 10.2. The number of thioether (sulfide) groups is 1. The lowest BCUT2D eigenvalue weighted by Gasteiger charge is -2.12. The predicted molar refractivity (Wildman–Crippen MR) is 87.2 cm³/mol. The molecule has 2 rings (SSSR count).